The quantitative estimate of drug-likeness (QED) is 0.187. The minimum atomic E-state index is -1.79. The predicted molar refractivity (Wildman–Crippen MR) is 200 cm³/mol. The first-order valence-electron chi connectivity index (χ1n) is 19.5. The zero-order valence-electron chi connectivity index (χ0n) is 31.7. The van der Waals surface area contributed by atoms with E-state index in [4.69, 9.17) is 20.2 Å². The van der Waals surface area contributed by atoms with Gasteiger partial charge in [-0.15, -0.1) is 0 Å². The molecule has 0 radical (unpaired) electrons. The number of rotatable bonds is 14. The SMILES string of the molecule is C=C1C(=CC=C2CCC[C@@]3(C)[C@@H]2CC[C@@H]3[C@]2(C)C[C@H](CC(C)(C)O)CO2)C[C@@H](O[Si](CC)(CC)CC)C[C@@H]1O[Si](CC)(CC)CC. The Labute approximate surface area is 286 Å². The van der Waals surface area contributed by atoms with Crippen molar-refractivity contribution < 1.29 is 18.7 Å². The van der Waals surface area contributed by atoms with Crippen LogP contribution >= 0.6 is 0 Å². The van der Waals surface area contributed by atoms with Crippen LogP contribution in [0.15, 0.2) is 35.5 Å². The average molecular weight is 673 g/mol. The van der Waals surface area contributed by atoms with Crippen molar-refractivity contribution in [2.45, 2.75) is 187 Å². The van der Waals surface area contributed by atoms with E-state index in [0.29, 0.717) is 17.8 Å². The third kappa shape index (κ3) is 8.10. The zero-order chi connectivity index (χ0) is 34.0. The van der Waals surface area contributed by atoms with Gasteiger partial charge in [0.15, 0.2) is 16.6 Å². The van der Waals surface area contributed by atoms with Gasteiger partial charge < -0.3 is 18.7 Å². The van der Waals surface area contributed by atoms with Crippen LogP contribution in [0.3, 0.4) is 0 Å². The van der Waals surface area contributed by atoms with E-state index in [-0.39, 0.29) is 23.2 Å². The van der Waals surface area contributed by atoms with Crippen molar-refractivity contribution in [1.82, 2.24) is 0 Å². The maximum absolute atomic E-state index is 10.5. The number of hydrogen-bond donors (Lipinski definition) is 1. The Morgan fingerprint density at radius 1 is 0.935 bits per heavy atom. The largest absolute Gasteiger partial charge is 0.413 e. The van der Waals surface area contributed by atoms with Crippen molar-refractivity contribution >= 4 is 16.6 Å². The van der Waals surface area contributed by atoms with Gasteiger partial charge in [-0.25, -0.2) is 0 Å². The van der Waals surface area contributed by atoms with Crippen LogP contribution in [0.1, 0.15) is 127 Å². The third-order valence-corrected chi connectivity index (χ3v) is 23.1. The minimum absolute atomic E-state index is 0.0796. The van der Waals surface area contributed by atoms with Crippen molar-refractivity contribution in [3.05, 3.63) is 35.5 Å². The summed E-state index contributed by atoms with van der Waals surface area (Å²) in [4.78, 5) is 0. The lowest BCUT2D eigenvalue weighted by atomic mass is 9.59. The van der Waals surface area contributed by atoms with E-state index in [0.717, 1.165) is 32.3 Å². The van der Waals surface area contributed by atoms with E-state index in [2.05, 4.69) is 67.5 Å². The molecule has 0 spiro atoms. The van der Waals surface area contributed by atoms with Crippen molar-refractivity contribution in [1.29, 1.82) is 0 Å². The van der Waals surface area contributed by atoms with E-state index in [1.807, 2.05) is 13.8 Å². The van der Waals surface area contributed by atoms with E-state index < -0.39 is 22.2 Å². The second-order valence-electron chi connectivity index (χ2n) is 17.0. The molecule has 1 aliphatic heterocycles. The Kier molecular flexibility index (Phi) is 12.6. The summed E-state index contributed by atoms with van der Waals surface area (Å²) in [5, 5.41) is 10.5. The fourth-order valence-electron chi connectivity index (χ4n) is 10.6. The first kappa shape index (κ1) is 38.3. The van der Waals surface area contributed by atoms with Gasteiger partial charge in [-0.2, -0.15) is 0 Å². The highest BCUT2D eigenvalue weighted by molar-refractivity contribution is 6.74. The summed E-state index contributed by atoms with van der Waals surface area (Å²) in [6.07, 6.45) is 15.4. The van der Waals surface area contributed by atoms with Gasteiger partial charge in [0.25, 0.3) is 0 Å². The fourth-order valence-corrected chi connectivity index (χ4v) is 16.3. The summed E-state index contributed by atoms with van der Waals surface area (Å²) in [7, 11) is -3.53. The summed E-state index contributed by atoms with van der Waals surface area (Å²) >= 11 is 0. The van der Waals surface area contributed by atoms with E-state index in [9.17, 15) is 5.11 Å². The fraction of sp³-hybridized carbons (Fsp3) is 0.850. The Morgan fingerprint density at radius 3 is 2.13 bits per heavy atom. The molecule has 6 heteroatoms. The number of hydrogen-bond acceptors (Lipinski definition) is 4. The molecule has 1 heterocycles. The summed E-state index contributed by atoms with van der Waals surface area (Å²) in [6.45, 7) is 28.4. The summed E-state index contributed by atoms with van der Waals surface area (Å²) in [5.74, 6) is 1.63. The Hall–Kier alpha value is -0.506. The van der Waals surface area contributed by atoms with Crippen LogP contribution in [-0.4, -0.2) is 51.8 Å². The van der Waals surface area contributed by atoms with Crippen LogP contribution in [0.4, 0.5) is 0 Å². The molecule has 3 saturated carbocycles. The van der Waals surface area contributed by atoms with E-state index in [1.54, 1.807) is 5.57 Å². The van der Waals surface area contributed by atoms with Gasteiger partial charge in [0.2, 0.25) is 0 Å². The van der Waals surface area contributed by atoms with Crippen molar-refractivity contribution in [2.75, 3.05) is 6.61 Å². The molecule has 1 N–H and O–H groups in total. The van der Waals surface area contributed by atoms with Crippen molar-refractivity contribution in [3.63, 3.8) is 0 Å². The molecule has 4 rings (SSSR count). The monoisotopic (exact) mass is 672 g/mol. The second-order valence-corrected chi connectivity index (χ2v) is 26.4. The maximum atomic E-state index is 10.5. The second kappa shape index (κ2) is 15.2. The van der Waals surface area contributed by atoms with Gasteiger partial charge in [0.05, 0.1) is 30.0 Å². The lowest BCUT2D eigenvalue weighted by Crippen LogP contribution is -2.46. The van der Waals surface area contributed by atoms with Crippen molar-refractivity contribution in [3.8, 4) is 0 Å². The molecule has 1 saturated heterocycles. The molecule has 0 aromatic carbocycles. The lowest BCUT2D eigenvalue weighted by molar-refractivity contribution is -0.0753. The molecule has 0 aromatic rings. The molecular weight excluding hydrogens is 601 g/mol. The predicted octanol–water partition coefficient (Wildman–Crippen LogP) is 11.1. The smallest absolute Gasteiger partial charge is 0.192 e. The average Bonchev–Trinajstić information content (AvgIpc) is 3.58. The van der Waals surface area contributed by atoms with Gasteiger partial charge in [-0.1, -0.05) is 72.8 Å². The minimum Gasteiger partial charge on any atom is -0.413 e. The zero-order valence-corrected chi connectivity index (χ0v) is 33.7. The topological polar surface area (TPSA) is 47.9 Å². The number of aliphatic hydroxyl groups is 1. The molecule has 0 unspecified atom stereocenters. The summed E-state index contributed by atoms with van der Waals surface area (Å²) < 4.78 is 21.1. The number of fused-ring (bicyclic) bond motifs is 1. The van der Waals surface area contributed by atoms with Crippen LogP contribution in [0.2, 0.25) is 36.3 Å². The molecule has 0 bridgehead atoms. The molecule has 4 aliphatic rings. The van der Waals surface area contributed by atoms with E-state index >= 15 is 0 Å². The first-order chi connectivity index (χ1) is 21.6. The molecule has 0 aromatic heterocycles. The van der Waals surface area contributed by atoms with Crippen LogP contribution in [0, 0.1) is 23.2 Å². The van der Waals surface area contributed by atoms with Crippen LogP contribution in [0.5, 0.6) is 0 Å². The third-order valence-electron chi connectivity index (χ3n) is 13.7. The van der Waals surface area contributed by atoms with Gasteiger partial charge in [-0.3, -0.25) is 0 Å². The van der Waals surface area contributed by atoms with Gasteiger partial charge in [-0.05, 0) is 143 Å². The van der Waals surface area contributed by atoms with Gasteiger partial charge in [0, 0.05) is 6.42 Å². The standard InChI is InChI=1S/C40H72O4Si2/c1-12-45(13-2,14-3)43-34-25-33(30(7)36(26-34)44-46(15-4,16-5)17-6)21-20-32-19-18-24-39(10)35(32)22-23-37(39)40(11)28-31(29-42-40)27-38(8,9)41/h20-21,31,34-37,41H,7,12-19,22-29H2,1-6,8-11H3/t31-,34+,35+,36-,37-,39-,40-/m0/s1. The Bertz CT molecular complexity index is 1080. The molecule has 4 nitrogen and oxygen atoms in total. The summed E-state index contributed by atoms with van der Waals surface area (Å²) in [5.41, 5.74) is 3.78. The molecule has 7 atom stereocenters. The molecule has 3 aliphatic carbocycles. The Morgan fingerprint density at radius 2 is 1.54 bits per heavy atom. The highest BCUT2D eigenvalue weighted by atomic mass is 28.4. The van der Waals surface area contributed by atoms with Crippen LogP contribution < -0.4 is 0 Å². The molecule has 4 fully saturated rings. The van der Waals surface area contributed by atoms with Crippen LogP contribution in [-0.2, 0) is 13.6 Å². The normalized spacial score (nSPS) is 36.2. The highest BCUT2D eigenvalue weighted by Crippen LogP contribution is 2.62. The summed E-state index contributed by atoms with van der Waals surface area (Å²) in [6, 6.07) is 7.06. The maximum Gasteiger partial charge on any atom is 0.192 e. The van der Waals surface area contributed by atoms with Crippen LogP contribution in [0.25, 0.3) is 0 Å². The van der Waals surface area contributed by atoms with Gasteiger partial charge in [0.1, 0.15) is 0 Å². The highest BCUT2D eigenvalue weighted by Gasteiger charge is 2.58. The first-order valence-corrected chi connectivity index (χ1v) is 24.5. The molecule has 46 heavy (non-hydrogen) atoms. The molecule has 0 amide bonds. The number of ether oxygens (including phenoxy) is 1. The lowest BCUT2D eigenvalue weighted by Gasteiger charge is -2.47. The molecular formula is C40H72O4Si2. The Balaban J connectivity index is 1.59. The van der Waals surface area contributed by atoms with Gasteiger partial charge >= 0.3 is 0 Å². The number of allylic oxidation sites excluding steroid dienone is 3. The molecule has 264 valence electrons. The van der Waals surface area contributed by atoms with E-state index in [1.165, 1.54) is 79.5 Å². The van der Waals surface area contributed by atoms with Crippen molar-refractivity contribution in [2.24, 2.45) is 23.2 Å².